The number of aromatic nitrogens is 2. The molecule has 0 saturated heterocycles. The van der Waals surface area contributed by atoms with Crippen LogP contribution in [0.4, 0.5) is 8.78 Å². The van der Waals surface area contributed by atoms with E-state index in [-0.39, 0.29) is 10.6 Å². The van der Waals surface area contributed by atoms with Crippen LogP contribution in [0, 0.1) is 0 Å². The Morgan fingerprint density at radius 3 is 2.60 bits per heavy atom. The smallest absolute Gasteiger partial charge is 0.283 e. The molecule has 1 aliphatic rings. The third-order valence-electron chi connectivity index (χ3n) is 4.47. The standard InChI is InChI=1S/C18H13Cl2F2N3/c1-17(2)18(21,22)12-8-10(19)6-7-11(12)16(24-17)25-9-23-15-13(20)4-3-5-14(15)25/h3-9H,1-2H3. The molecule has 0 N–H and O–H groups in total. The van der Waals surface area contributed by atoms with Crippen LogP contribution in [0.15, 0.2) is 47.7 Å². The van der Waals surface area contributed by atoms with Crippen molar-refractivity contribution in [3.63, 3.8) is 0 Å². The normalized spacial score (nSPS) is 18.1. The largest absolute Gasteiger partial charge is 0.298 e. The molecule has 0 radical (unpaired) electrons. The van der Waals surface area contributed by atoms with Crippen LogP contribution < -0.4 is 0 Å². The second-order valence-electron chi connectivity index (χ2n) is 6.48. The number of benzene rings is 2. The highest BCUT2D eigenvalue weighted by atomic mass is 35.5. The molecule has 2 heterocycles. The molecule has 1 aromatic heterocycles. The predicted octanol–water partition coefficient (Wildman–Crippen LogP) is 5.52. The molecule has 7 heteroatoms. The summed E-state index contributed by atoms with van der Waals surface area (Å²) >= 11 is 12.2. The lowest BCUT2D eigenvalue weighted by molar-refractivity contribution is -0.0684. The lowest BCUT2D eigenvalue weighted by Gasteiger charge is -2.37. The van der Waals surface area contributed by atoms with E-state index in [0.717, 1.165) is 0 Å². The molecule has 0 bridgehead atoms. The molecule has 0 spiro atoms. The first-order valence-electron chi connectivity index (χ1n) is 7.62. The minimum atomic E-state index is -3.15. The first-order valence-corrected chi connectivity index (χ1v) is 8.38. The minimum absolute atomic E-state index is 0.140. The second kappa shape index (κ2) is 5.26. The van der Waals surface area contributed by atoms with Gasteiger partial charge in [0, 0.05) is 16.1 Å². The summed E-state index contributed by atoms with van der Waals surface area (Å²) in [5, 5.41) is 0.752. The lowest BCUT2D eigenvalue weighted by Crippen LogP contribution is -2.45. The highest BCUT2D eigenvalue weighted by molar-refractivity contribution is 6.35. The zero-order chi connectivity index (χ0) is 18.0. The molecule has 3 nitrogen and oxygen atoms in total. The number of hydrogen-bond donors (Lipinski definition) is 0. The van der Waals surface area contributed by atoms with Crippen molar-refractivity contribution in [3.05, 3.63) is 63.9 Å². The molecular formula is C18H13Cl2F2N3. The molecule has 0 aliphatic carbocycles. The summed E-state index contributed by atoms with van der Waals surface area (Å²) < 4.78 is 31.6. The zero-order valence-electron chi connectivity index (χ0n) is 13.4. The molecular weight excluding hydrogens is 367 g/mol. The molecule has 0 amide bonds. The number of aliphatic imine (C=N–C) groups is 1. The van der Waals surface area contributed by atoms with Crippen LogP contribution in [-0.2, 0) is 5.92 Å². The fourth-order valence-corrected chi connectivity index (χ4v) is 3.44. The molecule has 3 aromatic rings. The highest BCUT2D eigenvalue weighted by Crippen LogP contribution is 2.47. The van der Waals surface area contributed by atoms with E-state index in [0.29, 0.717) is 27.5 Å². The fourth-order valence-electron chi connectivity index (χ4n) is 3.05. The Balaban J connectivity index is 2.05. The van der Waals surface area contributed by atoms with Crippen LogP contribution in [0.3, 0.4) is 0 Å². The summed E-state index contributed by atoms with van der Waals surface area (Å²) in [6.45, 7) is 2.81. The van der Waals surface area contributed by atoms with E-state index in [1.807, 2.05) is 6.07 Å². The summed E-state index contributed by atoms with van der Waals surface area (Å²) in [6, 6.07) is 9.79. The number of para-hydroxylation sites is 1. The Hall–Kier alpha value is -1.98. The number of nitrogens with zero attached hydrogens (tertiary/aromatic N) is 3. The highest BCUT2D eigenvalue weighted by Gasteiger charge is 2.53. The van der Waals surface area contributed by atoms with E-state index in [1.165, 1.54) is 19.9 Å². The van der Waals surface area contributed by atoms with Crippen LogP contribution in [0.25, 0.3) is 11.0 Å². The Morgan fingerprint density at radius 2 is 1.84 bits per heavy atom. The third-order valence-corrected chi connectivity index (χ3v) is 5.01. The maximum atomic E-state index is 14.9. The maximum Gasteiger partial charge on any atom is 0.298 e. The van der Waals surface area contributed by atoms with Crippen molar-refractivity contribution in [2.75, 3.05) is 0 Å². The van der Waals surface area contributed by atoms with Gasteiger partial charge >= 0.3 is 0 Å². The molecule has 0 saturated carbocycles. The summed E-state index contributed by atoms with van der Waals surface area (Å²) in [6.07, 6.45) is 1.55. The van der Waals surface area contributed by atoms with Crippen molar-refractivity contribution in [1.82, 2.24) is 9.55 Å². The quantitative estimate of drug-likeness (QED) is 0.505. The van der Waals surface area contributed by atoms with Gasteiger partial charge in [0.1, 0.15) is 23.2 Å². The van der Waals surface area contributed by atoms with Gasteiger partial charge in [-0.05, 0) is 44.2 Å². The van der Waals surface area contributed by atoms with Crippen molar-refractivity contribution < 1.29 is 8.78 Å². The first kappa shape index (κ1) is 16.5. The molecule has 2 aromatic carbocycles. The summed E-state index contributed by atoms with van der Waals surface area (Å²) in [5.74, 6) is -2.75. The van der Waals surface area contributed by atoms with E-state index in [2.05, 4.69) is 9.98 Å². The van der Waals surface area contributed by atoms with Crippen LogP contribution >= 0.6 is 23.2 Å². The van der Waals surface area contributed by atoms with Gasteiger partial charge in [-0.2, -0.15) is 8.78 Å². The first-order chi connectivity index (χ1) is 11.7. The van der Waals surface area contributed by atoms with E-state index < -0.39 is 11.5 Å². The number of hydrogen-bond acceptors (Lipinski definition) is 2. The molecule has 0 unspecified atom stereocenters. The van der Waals surface area contributed by atoms with Gasteiger partial charge in [-0.25, -0.2) is 4.98 Å². The van der Waals surface area contributed by atoms with Gasteiger partial charge in [0.15, 0.2) is 0 Å². The summed E-state index contributed by atoms with van der Waals surface area (Å²) in [4.78, 5) is 8.67. The molecule has 128 valence electrons. The Bertz CT molecular complexity index is 1040. The molecule has 0 atom stereocenters. The van der Waals surface area contributed by atoms with Crippen molar-refractivity contribution in [1.29, 1.82) is 0 Å². The zero-order valence-corrected chi connectivity index (χ0v) is 14.9. The topological polar surface area (TPSA) is 30.2 Å². The maximum absolute atomic E-state index is 14.9. The fraction of sp³-hybridized carbons (Fsp3) is 0.222. The minimum Gasteiger partial charge on any atom is -0.283 e. The van der Waals surface area contributed by atoms with Crippen molar-refractivity contribution in [2.45, 2.75) is 25.3 Å². The van der Waals surface area contributed by atoms with Gasteiger partial charge in [0.2, 0.25) is 0 Å². The lowest BCUT2D eigenvalue weighted by atomic mass is 9.84. The molecule has 1 aliphatic heterocycles. The number of imidazole rings is 1. The van der Waals surface area contributed by atoms with Crippen molar-refractivity contribution >= 4 is 40.1 Å². The van der Waals surface area contributed by atoms with Gasteiger partial charge in [0.25, 0.3) is 5.92 Å². The summed E-state index contributed by atoms with van der Waals surface area (Å²) in [5.41, 5.74) is -0.146. The SMILES string of the molecule is CC1(C)N=C(n2cnc3c(Cl)cccc32)c2ccc(Cl)cc2C1(F)F. The summed E-state index contributed by atoms with van der Waals surface area (Å²) in [7, 11) is 0. The van der Waals surface area contributed by atoms with Gasteiger partial charge in [-0.15, -0.1) is 0 Å². The van der Waals surface area contributed by atoms with E-state index in [9.17, 15) is 8.78 Å². The Kier molecular flexibility index (Phi) is 3.47. The van der Waals surface area contributed by atoms with Gasteiger partial charge in [0.05, 0.1) is 10.5 Å². The Morgan fingerprint density at radius 1 is 1.08 bits per heavy atom. The average Bonchev–Trinajstić information content (AvgIpc) is 2.97. The van der Waals surface area contributed by atoms with Crippen LogP contribution in [0.1, 0.15) is 25.0 Å². The van der Waals surface area contributed by atoms with E-state index in [4.69, 9.17) is 23.2 Å². The second-order valence-corrected chi connectivity index (χ2v) is 7.32. The van der Waals surface area contributed by atoms with Gasteiger partial charge < -0.3 is 0 Å². The number of alkyl halides is 2. The number of rotatable bonds is 0. The average molecular weight is 380 g/mol. The van der Waals surface area contributed by atoms with Gasteiger partial charge in [-0.1, -0.05) is 29.3 Å². The monoisotopic (exact) mass is 379 g/mol. The number of halogens is 4. The van der Waals surface area contributed by atoms with Crippen LogP contribution in [-0.4, -0.2) is 20.9 Å². The third kappa shape index (κ3) is 2.29. The molecule has 4 rings (SSSR count). The van der Waals surface area contributed by atoms with Crippen molar-refractivity contribution in [3.8, 4) is 0 Å². The van der Waals surface area contributed by atoms with Gasteiger partial charge in [-0.3, -0.25) is 9.56 Å². The van der Waals surface area contributed by atoms with E-state index >= 15 is 0 Å². The van der Waals surface area contributed by atoms with E-state index in [1.54, 1.807) is 35.2 Å². The molecule has 0 fully saturated rings. The predicted molar refractivity (Wildman–Crippen MR) is 96.1 cm³/mol. The Labute approximate surface area is 152 Å². The van der Waals surface area contributed by atoms with Crippen LogP contribution in [0.2, 0.25) is 10.0 Å². The molecule has 25 heavy (non-hydrogen) atoms. The van der Waals surface area contributed by atoms with Crippen molar-refractivity contribution in [2.24, 2.45) is 4.99 Å². The number of fused-ring (bicyclic) bond motifs is 2. The van der Waals surface area contributed by atoms with Crippen LogP contribution in [0.5, 0.6) is 0 Å².